The van der Waals surface area contributed by atoms with Crippen LogP contribution in [-0.2, 0) is 4.79 Å². The highest BCUT2D eigenvalue weighted by molar-refractivity contribution is 6.40. The zero-order valence-corrected chi connectivity index (χ0v) is 19.8. The molecule has 4 rings (SSSR count). The Morgan fingerprint density at radius 1 is 1.00 bits per heavy atom. The van der Waals surface area contributed by atoms with Crippen LogP contribution in [0.4, 0.5) is 5.69 Å². The molecule has 31 heavy (non-hydrogen) atoms. The van der Waals surface area contributed by atoms with Crippen LogP contribution in [0, 0.1) is 0 Å². The maximum atomic E-state index is 13.2. The summed E-state index contributed by atoms with van der Waals surface area (Å²) in [7, 11) is 0. The van der Waals surface area contributed by atoms with Crippen molar-refractivity contribution in [1.82, 2.24) is 10.4 Å². The molecule has 1 saturated heterocycles. The van der Waals surface area contributed by atoms with Crippen LogP contribution in [0.2, 0.25) is 15.1 Å². The number of hydrazone groups is 1. The summed E-state index contributed by atoms with van der Waals surface area (Å²) in [6.07, 6.45) is 3.77. The predicted octanol–water partition coefficient (Wildman–Crippen LogP) is 6.25. The van der Waals surface area contributed by atoms with Gasteiger partial charge in [0.05, 0.1) is 16.8 Å². The molecule has 0 bridgehead atoms. The Morgan fingerprint density at radius 2 is 1.65 bits per heavy atom. The van der Waals surface area contributed by atoms with E-state index in [9.17, 15) is 4.79 Å². The summed E-state index contributed by atoms with van der Waals surface area (Å²) in [6, 6.07) is 13.3. The fourth-order valence-electron chi connectivity index (χ4n) is 4.30. The lowest BCUT2D eigenvalue weighted by molar-refractivity contribution is -0.122. The summed E-state index contributed by atoms with van der Waals surface area (Å²) in [5, 5.41) is 10.2. The number of hydrogen-bond acceptors (Lipinski definition) is 4. The van der Waals surface area contributed by atoms with Gasteiger partial charge < -0.3 is 0 Å². The maximum absolute atomic E-state index is 13.2. The number of hydrogen-bond donors (Lipinski definition) is 1. The van der Waals surface area contributed by atoms with E-state index in [0.29, 0.717) is 45.0 Å². The summed E-state index contributed by atoms with van der Waals surface area (Å²) >= 11 is 18.7. The van der Waals surface area contributed by atoms with Crippen molar-refractivity contribution < 1.29 is 4.79 Å². The molecule has 1 amide bonds. The number of piperidine rings is 1. The molecule has 2 aliphatic heterocycles. The lowest BCUT2D eigenvalue weighted by Crippen LogP contribution is -2.55. The second-order valence-corrected chi connectivity index (χ2v) is 9.52. The molecule has 0 spiro atoms. The van der Waals surface area contributed by atoms with Gasteiger partial charge in [-0.1, -0.05) is 53.4 Å². The predicted molar refractivity (Wildman–Crippen MR) is 128 cm³/mol. The Morgan fingerprint density at radius 3 is 2.29 bits per heavy atom. The molecule has 3 atom stereocenters. The van der Waals surface area contributed by atoms with Crippen LogP contribution >= 0.6 is 34.8 Å². The minimum atomic E-state index is -0.174. The van der Waals surface area contributed by atoms with Crippen molar-refractivity contribution in [2.24, 2.45) is 5.10 Å². The molecule has 2 aromatic rings. The molecule has 2 heterocycles. The van der Waals surface area contributed by atoms with Gasteiger partial charge in [0.1, 0.15) is 5.71 Å². The third-order valence-corrected chi connectivity index (χ3v) is 6.80. The van der Waals surface area contributed by atoms with Gasteiger partial charge in [0.2, 0.25) is 0 Å². The number of anilines is 1. The number of carbonyl (C=O) groups is 1. The number of benzene rings is 2. The number of nitrogens with one attached hydrogen (secondary N) is 1. The minimum Gasteiger partial charge on any atom is -0.283 e. The minimum absolute atomic E-state index is 0.173. The number of hydrazine groups is 1. The van der Waals surface area contributed by atoms with E-state index in [-0.39, 0.29) is 11.9 Å². The van der Waals surface area contributed by atoms with Crippen LogP contribution in [0.3, 0.4) is 0 Å². The van der Waals surface area contributed by atoms with E-state index in [1.54, 1.807) is 17.1 Å². The average Bonchev–Trinajstić information content (AvgIpc) is 3.16. The van der Waals surface area contributed by atoms with Crippen LogP contribution in [0.5, 0.6) is 0 Å². The molecule has 0 aromatic heterocycles. The quantitative estimate of drug-likeness (QED) is 0.564. The van der Waals surface area contributed by atoms with Crippen molar-refractivity contribution in [3.8, 4) is 0 Å². The van der Waals surface area contributed by atoms with E-state index in [1.165, 1.54) is 6.42 Å². The van der Waals surface area contributed by atoms with Gasteiger partial charge in [-0.3, -0.25) is 15.2 Å². The lowest BCUT2D eigenvalue weighted by Gasteiger charge is -2.38. The highest BCUT2D eigenvalue weighted by Gasteiger charge is 2.35. The summed E-state index contributed by atoms with van der Waals surface area (Å²) in [5.74, 6) is -0.174. The standard InChI is InChI=1S/C23H25Cl3N4O/c1-14-4-3-5-15(2)29(14)28-23(31)20-13-22(16-6-8-17(24)9-7-16)30(27-20)21-11-10-18(25)12-19(21)26/h6-12,14-15,22H,3-5,13H2,1-2H3,(H,28,31). The lowest BCUT2D eigenvalue weighted by atomic mass is 9.99. The molecular formula is C23H25Cl3N4O. The van der Waals surface area contributed by atoms with Gasteiger partial charge >= 0.3 is 0 Å². The van der Waals surface area contributed by atoms with Crippen LogP contribution in [0.15, 0.2) is 47.6 Å². The molecule has 3 unspecified atom stereocenters. The van der Waals surface area contributed by atoms with Gasteiger partial charge in [0, 0.05) is 28.5 Å². The monoisotopic (exact) mass is 478 g/mol. The van der Waals surface area contributed by atoms with Crippen molar-refractivity contribution >= 4 is 52.1 Å². The Balaban J connectivity index is 1.63. The van der Waals surface area contributed by atoms with Gasteiger partial charge in [0.25, 0.3) is 5.91 Å². The van der Waals surface area contributed by atoms with Crippen molar-refractivity contribution in [3.63, 3.8) is 0 Å². The number of carbonyl (C=O) groups excluding carboxylic acids is 1. The van der Waals surface area contributed by atoms with E-state index in [1.807, 2.05) is 30.3 Å². The van der Waals surface area contributed by atoms with E-state index in [2.05, 4.69) is 24.3 Å². The third-order valence-electron chi connectivity index (χ3n) is 6.01. The first-order valence-corrected chi connectivity index (χ1v) is 11.6. The van der Waals surface area contributed by atoms with Gasteiger partial charge in [-0.05, 0) is 62.6 Å². The highest BCUT2D eigenvalue weighted by Crippen LogP contribution is 2.40. The van der Waals surface area contributed by atoms with Crippen molar-refractivity contribution in [2.45, 2.75) is 57.7 Å². The molecule has 8 heteroatoms. The molecule has 1 N–H and O–H groups in total. The fourth-order valence-corrected chi connectivity index (χ4v) is 4.93. The summed E-state index contributed by atoms with van der Waals surface area (Å²) in [4.78, 5) is 13.2. The first-order chi connectivity index (χ1) is 14.8. The smallest absolute Gasteiger partial charge is 0.281 e. The first kappa shape index (κ1) is 22.4. The molecular weight excluding hydrogens is 455 g/mol. The molecule has 2 aliphatic rings. The zero-order valence-electron chi connectivity index (χ0n) is 17.5. The second kappa shape index (κ2) is 9.37. The Kier molecular flexibility index (Phi) is 6.77. The summed E-state index contributed by atoms with van der Waals surface area (Å²) < 4.78 is 0. The highest BCUT2D eigenvalue weighted by atomic mass is 35.5. The molecule has 1 fully saturated rings. The van der Waals surface area contributed by atoms with E-state index in [4.69, 9.17) is 39.9 Å². The van der Waals surface area contributed by atoms with Gasteiger partial charge in [-0.2, -0.15) is 5.10 Å². The zero-order chi connectivity index (χ0) is 22.1. The SMILES string of the molecule is CC1CCCC(C)N1NC(=O)C1=NN(c2ccc(Cl)cc2Cl)C(c2ccc(Cl)cc2)C1. The number of amides is 1. The molecule has 0 aliphatic carbocycles. The number of rotatable bonds is 4. The first-order valence-electron chi connectivity index (χ1n) is 10.5. The van der Waals surface area contributed by atoms with Crippen LogP contribution in [0.25, 0.3) is 0 Å². The normalized spacial score (nSPS) is 24.2. The van der Waals surface area contributed by atoms with Crippen LogP contribution in [-0.4, -0.2) is 28.7 Å². The Hall–Kier alpha value is -1.79. The van der Waals surface area contributed by atoms with Crippen LogP contribution in [0.1, 0.15) is 51.1 Å². The Bertz CT molecular complexity index is 985. The molecule has 2 aromatic carbocycles. The van der Waals surface area contributed by atoms with E-state index < -0.39 is 0 Å². The fraction of sp³-hybridized carbons (Fsp3) is 0.391. The second-order valence-electron chi connectivity index (χ2n) is 8.24. The van der Waals surface area contributed by atoms with Crippen molar-refractivity contribution in [2.75, 3.05) is 5.01 Å². The van der Waals surface area contributed by atoms with Gasteiger partial charge in [0.15, 0.2) is 0 Å². The van der Waals surface area contributed by atoms with E-state index >= 15 is 0 Å². The number of nitrogens with zero attached hydrogens (tertiary/aromatic N) is 3. The largest absolute Gasteiger partial charge is 0.283 e. The van der Waals surface area contributed by atoms with E-state index in [0.717, 1.165) is 18.4 Å². The molecule has 164 valence electrons. The maximum Gasteiger partial charge on any atom is 0.281 e. The summed E-state index contributed by atoms with van der Waals surface area (Å²) in [5.41, 5.74) is 5.27. The average molecular weight is 480 g/mol. The van der Waals surface area contributed by atoms with Crippen LogP contribution < -0.4 is 10.4 Å². The van der Waals surface area contributed by atoms with Crippen molar-refractivity contribution in [1.29, 1.82) is 0 Å². The number of halogens is 3. The summed E-state index contributed by atoms with van der Waals surface area (Å²) in [6.45, 7) is 4.28. The molecule has 0 radical (unpaired) electrons. The molecule has 0 saturated carbocycles. The van der Waals surface area contributed by atoms with Gasteiger partial charge in [-0.25, -0.2) is 5.01 Å². The molecule has 5 nitrogen and oxygen atoms in total. The van der Waals surface area contributed by atoms with Gasteiger partial charge in [-0.15, -0.1) is 0 Å². The topological polar surface area (TPSA) is 47.9 Å². The third kappa shape index (κ3) is 4.85. The Labute approximate surface area is 197 Å². The van der Waals surface area contributed by atoms with Crippen molar-refractivity contribution in [3.05, 3.63) is 63.1 Å².